The Morgan fingerprint density at radius 1 is 1.53 bits per heavy atom. The van der Waals surface area contributed by atoms with Crippen LogP contribution in [0.4, 0.5) is 4.79 Å². The minimum atomic E-state index is -0.626. The molecule has 3 N–H and O–H groups in total. The van der Waals surface area contributed by atoms with Gasteiger partial charge in [0.15, 0.2) is 0 Å². The molecule has 0 fully saturated rings. The summed E-state index contributed by atoms with van der Waals surface area (Å²) in [5, 5.41) is 4.04. The van der Waals surface area contributed by atoms with Crippen LogP contribution in [0.3, 0.4) is 0 Å². The molecule has 0 saturated heterocycles. The molecule has 0 saturated carbocycles. The maximum atomic E-state index is 10.6. The van der Waals surface area contributed by atoms with Gasteiger partial charge in [-0.3, -0.25) is 0 Å². The minimum absolute atomic E-state index is 0.328. The van der Waals surface area contributed by atoms with E-state index in [0.29, 0.717) is 5.92 Å². The zero-order valence-corrected chi connectivity index (χ0v) is 8.53. The first-order valence-corrected chi connectivity index (χ1v) is 4.90. The van der Waals surface area contributed by atoms with Crippen molar-refractivity contribution in [2.45, 2.75) is 13.3 Å². The number of carbonyl (C=O) groups excluding carboxylic acids is 1. The van der Waals surface area contributed by atoms with Crippen LogP contribution in [-0.2, 0) is 6.42 Å². The fraction of sp³-hybridized carbons (Fsp3) is 0.273. The number of nitrogens with one attached hydrogen (secondary N) is 1. The van der Waals surface area contributed by atoms with Gasteiger partial charge in [-0.05, 0) is 12.0 Å². The average Bonchev–Trinajstić information content (AvgIpc) is 2.50. The Kier molecular flexibility index (Phi) is 2.41. The van der Waals surface area contributed by atoms with Crippen molar-refractivity contribution in [3.05, 3.63) is 35.4 Å². The van der Waals surface area contributed by atoms with E-state index in [1.54, 1.807) is 0 Å². The summed E-state index contributed by atoms with van der Waals surface area (Å²) in [4.78, 5) is 10.6. The molecule has 4 heteroatoms. The molecule has 1 aromatic rings. The van der Waals surface area contributed by atoms with Crippen molar-refractivity contribution < 1.29 is 4.79 Å². The van der Waals surface area contributed by atoms with Crippen LogP contribution in [-0.4, -0.2) is 11.7 Å². The Morgan fingerprint density at radius 3 is 3.00 bits per heavy atom. The lowest BCUT2D eigenvalue weighted by molar-refractivity contribution is 0.249. The van der Waals surface area contributed by atoms with Gasteiger partial charge < -0.3 is 5.73 Å². The number of hydrazone groups is 1. The van der Waals surface area contributed by atoms with Gasteiger partial charge >= 0.3 is 6.03 Å². The summed E-state index contributed by atoms with van der Waals surface area (Å²) >= 11 is 0. The van der Waals surface area contributed by atoms with Crippen LogP contribution in [0.2, 0.25) is 0 Å². The van der Waals surface area contributed by atoms with Gasteiger partial charge in [0.05, 0.1) is 5.71 Å². The minimum Gasteiger partial charge on any atom is -0.350 e. The van der Waals surface area contributed by atoms with Gasteiger partial charge in [-0.25, -0.2) is 10.2 Å². The smallest absolute Gasteiger partial charge is 0.332 e. The molecule has 1 atom stereocenters. The summed E-state index contributed by atoms with van der Waals surface area (Å²) in [5.41, 5.74) is 10.6. The second-order valence-corrected chi connectivity index (χ2v) is 3.74. The van der Waals surface area contributed by atoms with Crippen LogP contribution in [0, 0.1) is 5.92 Å². The summed E-state index contributed by atoms with van der Waals surface area (Å²) in [6.45, 7) is 2.08. The molecule has 0 spiro atoms. The van der Waals surface area contributed by atoms with Gasteiger partial charge in [0.2, 0.25) is 0 Å². The van der Waals surface area contributed by atoms with E-state index < -0.39 is 6.03 Å². The molecule has 15 heavy (non-hydrogen) atoms. The molecule has 0 aliphatic heterocycles. The molecule has 0 aromatic heterocycles. The highest BCUT2D eigenvalue weighted by Crippen LogP contribution is 2.26. The monoisotopic (exact) mass is 203 g/mol. The Labute approximate surface area is 88.2 Å². The number of nitrogens with zero attached hydrogens (tertiary/aromatic N) is 1. The van der Waals surface area contributed by atoms with Gasteiger partial charge in [0, 0.05) is 11.5 Å². The number of benzene rings is 1. The molecule has 0 heterocycles. The van der Waals surface area contributed by atoms with Crippen LogP contribution < -0.4 is 11.2 Å². The Bertz CT molecular complexity index is 426. The first-order valence-electron chi connectivity index (χ1n) is 4.90. The molecule has 4 nitrogen and oxygen atoms in total. The third kappa shape index (κ3) is 1.83. The molecule has 1 aliphatic rings. The number of carbonyl (C=O) groups is 1. The molecule has 1 aliphatic carbocycles. The SMILES string of the molecule is CC1Cc2ccccc2/C1=N/NC(N)=O. The lowest BCUT2D eigenvalue weighted by Gasteiger charge is -2.03. The van der Waals surface area contributed by atoms with Crippen molar-refractivity contribution in [2.75, 3.05) is 0 Å². The predicted molar refractivity (Wildman–Crippen MR) is 58.6 cm³/mol. The molecule has 1 unspecified atom stereocenters. The number of urea groups is 1. The largest absolute Gasteiger partial charge is 0.350 e. The van der Waals surface area contributed by atoms with Crippen LogP contribution in [0.25, 0.3) is 0 Å². The number of hydrogen-bond donors (Lipinski definition) is 2. The maximum absolute atomic E-state index is 10.6. The van der Waals surface area contributed by atoms with Crippen molar-refractivity contribution in [3.63, 3.8) is 0 Å². The Morgan fingerprint density at radius 2 is 2.27 bits per heavy atom. The zero-order valence-electron chi connectivity index (χ0n) is 8.53. The van der Waals surface area contributed by atoms with Crippen LogP contribution >= 0.6 is 0 Å². The fourth-order valence-corrected chi connectivity index (χ4v) is 1.93. The summed E-state index contributed by atoms with van der Waals surface area (Å²) in [7, 11) is 0. The van der Waals surface area contributed by atoms with E-state index >= 15 is 0 Å². The number of nitrogens with two attached hydrogens (primary N) is 1. The fourth-order valence-electron chi connectivity index (χ4n) is 1.93. The second-order valence-electron chi connectivity index (χ2n) is 3.74. The summed E-state index contributed by atoms with van der Waals surface area (Å²) in [6, 6.07) is 7.45. The number of hydrogen-bond acceptors (Lipinski definition) is 2. The van der Waals surface area contributed by atoms with Crippen molar-refractivity contribution in [1.82, 2.24) is 5.43 Å². The third-order valence-corrected chi connectivity index (χ3v) is 2.57. The molecule has 2 amide bonds. The number of fused-ring (bicyclic) bond motifs is 1. The van der Waals surface area contributed by atoms with E-state index in [2.05, 4.69) is 23.5 Å². The summed E-state index contributed by atoms with van der Waals surface area (Å²) in [6.07, 6.45) is 0.968. The number of rotatable bonds is 1. The topological polar surface area (TPSA) is 67.5 Å². The normalized spacial score (nSPS) is 21.4. The van der Waals surface area contributed by atoms with Gasteiger partial charge in [0.1, 0.15) is 0 Å². The van der Waals surface area contributed by atoms with E-state index in [-0.39, 0.29) is 0 Å². The Balaban J connectivity index is 2.33. The van der Waals surface area contributed by atoms with E-state index in [9.17, 15) is 4.79 Å². The molecule has 1 aromatic carbocycles. The highest BCUT2D eigenvalue weighted by Gasteiger charge is 2.24. The maximum Gasteiger partial charge on any atom is 0.332 e. The van der Waals surface area contributed by atoms with Crippen LogP contribution in [0.5, 0.6) is 0 Å². The Hall–Kier alpha value is -1.84. The van der Waals surface area contributed by atoms with E-state index in [1.165, 1.54) is 5.56 Å². The molecular weight excluding hydrogens is 190 g/mol. The highest BCUT2D eigenvalue weighted by molar-refractivity contribution is 6.06. The lowest BCUT2D eigenvalue weighted by Crippen LogP contribution is -2.26. The van der Waals surface area contributed by atoms with Gasteiger partial charge in [-0.15, -0.1) is 0 Å². The molecular formula is C11H13N3O. The molecule has 0 bridgehead atoms. The molecule has 78 valence electrons. The van der Waals surface area contributed by atoms with Crippen LogP contribution in [0.15, 0.2) is 29.4 Å². The molecule has 2 rings (SSSR count). The van der Waals surface area contributed by atoms with E-state index in [1.807, 2.05) is 18.2 Å². The van der Waals surface area contributed by atoms with Gasteiger partial charge in [0.25, 0.3) is 0 Å². The van der Waals surface area contributed by atoms with Crippen molar-refractivity contribution in [2.24, 2.45) is 16.8 Å². The van der Waals surface area contributed by atoms with E-state index in [0.717, 1.165) is 17.7 Å². The lowest BCUT2D eigenvalue weighted by atomic mass is 10.1. The van der Waals surface area contributed by atoms with Gasteiger partial charge in [-0.1, -0.05) is 31.2 Å². The second kappa shape index (κ2) is 3.73. The van der Waals surface area contributed by atoms with Crippen molar-refractivity contribution in [3.8, 4) is 0 Å². The zero-order chi connectivity index (χ0) is 10.8. The standard InChI is InChI=1S/C11H13N3O/c1-7-6-8-4-2-3-5-9(8)10(7)13-14-11(12)15/h2-5,7H,6H2,1H3,(H3,12,14,15)/b13-10+. The van der Waals surface area contributed by atoms with Crippen LogP contribution in [0.1, 0.15) is 18.1 Å². The summed E-state index contributed by atoms with van der Waals surface area (Å²) in [5.74, 6) is 0.328. The first-order chi connectivity index (χ1) is 7.18. The quantitative estimate of drug-likeness (QED) is 0.663. The highest BCUT2D eigenvalue weighted by atomic mass is 16.2. The predicted octanol–water partition coefficient (Wildman–Crippen LogP) is 1.25. The van der Waals surface area contributed by atoms with Gasteiger partial charge in [-0.2, -0.15) is 5.10 Å². The van der Waals surface area contributed by atoms with E-state index in [4.69, 9.17) is 5.73 Å². The van der Waals surface area contributed by atoms with Crippen molar-refractivity contribution >= 4 is 11.7 Å². The average molecular weight is 203 g/mol. The number of primary amides is 1. The first kappa shape index (κ1) is 9.71. The summed E-state index contributed by atoms with van der Waals surface area (Å²) < 4.78 is 0. The van der Waals surface area contributed by atoms with Crippen molar-refractivity contribution in [1.29, 1.82) is 0 Å². The molecule has 0 radical (unpaired) electrons. The number of amides is 2. The third-order valence-electron chi connectivity index (χ3n) is 2.57.